The summed E-state index contributed by atoms with van der Waals surface area (Å²) in [5.41, 5.74) is 5.36. The molecule has 0 radical (unpaired) electrons. The van der Waals surface area contributed by atoms with Gasteiger partial charge < -0.3 is 20.1 Å². The van der Waals surface area contributed by atoms with Crippen LogP contribution >= 0.6 is 7.82 Å². The molecule has 2 atom stereocenters. The molecule has 0 spiro atoms. The van der Waals surface area contributed by atoms with E-state index in [2.05, 4.69) is 26.0 Å². The molecule has 0 bridgehead atoms. The van der Waals surface area contributed by atoms with Crippen LogP contribution < -0.4 is 5.73 Å². The van der Waals surface area contributed by atoms with Crippen molar-refractivity contribution in [1.29, 1.82) is 0 Å². The Labute approximate surface area is 303 Å². The number of unbranched alkanes of at least 4 members (excludes halogenated alkanes) is 25. The maximum absolute atomic E-state index is 12.6. The average Bonchev–Trinajstić information content (AvgIpc) is 3.09. The maximum atomic E-state index is 12.6. The van der Waals surface area contributed by atoms with E-state index in [1.807, 2.05) is 0 Å². The fraction of sp³-hybridized carbons (Fsp3) is 0.925. The van der Waals surface area contributed by atoms with Gasteiger partial charge in [0, 0.05) is 19.6 Å². The summed E-state index contributed by atoms with van der Waals surface area (Å²) in [4.78, 5) is 22.4. The van der Waals surface area contributed by atoms with Gasteiger partial charge in [0.1, 0.15) is 6.10 Å². The minimum atomic E-state index is -4.27. The predicted molar refractivity (Wildman–Crippen MR) is 206 cm³/mol. The van der Waals surface area contributed by atoms with Crippen molar-refractivity contribution >= 4 is 13.8 Å². The van der Waals surface area contributed by atoms with Crippen molar-refractivity contribution in [3.8, 4) is 0 Å². The highest BCUT2D eigenvalue weighted by Gasteiger charge is 2.25. The Balaban J connectivity index is 4.03. The number of carbonyl (C=O) groups is 1. The first-order chi connectivity index (χ1) is 23.9. The summed E-state index contributed by atoms with van der Waals surface area (Å²) in [6.07, 6.45) is 39.3. The predicted octanol–water partition coefficient (Wildman–Crippen LogP) is 11.9. The van der Waals surface area contributed by atoms with Gasteiger partial charge in [0.2, 0.25) is 0 Å². The number of rotatable bonds is 40. The third-order valence-corrected chi connectivity index (χ3v) is 9.92. The highest BCUT2D eigenvalue weighted by Crippen LogP contribution is 2.43. The van der Waals surface area contributed by atoms with E-state index < -0.39 is 13.9 Å². The number of hydrogen-bond donors (Lipinski definition) is 2. The number of hydrogen-bond acceptors (Lipinski definition) is 7. The fourth-order valence-corrected chi connectivity index (χ4v) is 6.64. The molecule has 9 heteroatoms. The van der Waals surface area contributed by atoms with Crippen LogP contribution in [0.1, 0.15) is 200 Å². The number of nitrogens with two attached hydrogens (primary N) is 1. The molecule has 0 heterocycles. The van der Waals surface area contributed by atoms with Crippen LogP contribution in [-0.2, 0) is 27.9 Å². The number of ether oxygens (including phenoxy) is 2. The lowest BCUT2D eigenvalue weighted by atomic mass is 10.0. The van der Waals surface area contributed by atoms with Gasteiger partial charge >= 0.3 is 13.8 Å². The molecule has 49 heavy (non-hydrogen) atoms. The van der Waals surface area contributed by atoms with E-state index in [0.29, 0.717) is 13.0 Å². The number of esters is 1. The summed E-state index contributed by atoms with van der Waals surface area (Å²) in [5, 5.41) is 0. The minimum absolute atomic E-state index is 0.0934. The summed E-state index contributed by atoms with van der Waals surface area (Å²) in [6, 6.07) is 0. The first-order valence-electron chi connectivity index (χ1n) is 20.7. The van der Waals surface area contributed by atoms with Crippen molar-refractivity contribution in [3.05, 3.63) is 12.2 Å². The topological polar surface area (TPSA) is 117 Å². The summed E-state index contributed by atoms with van der Waals surface area (Å²) in [7, 11) is -4.27. The Morgan fingerprint density at radius 2 is 1.02 bits per heavy atom. The van der Waals surface area contributed by atoms with Crippen LogP contribution in [0.25, 0.3) is 0 Å². The van der Waals surface area contributed by atoms with E-state index >= 15 is 0 Å². The van der Waals surface area contributed by atoms with Gasteiger partial charge in [0.05, 0.1) is 19.8 Å². The SMILES string of the molecule is CCCCCC/C=C\CCCCCCCCOCC(COP(=O)(O)OCCN)OC(=O)CCCCCCCCCCCCCCCCCC. The molecule has 0 aliphatic heterocycles. The first-order valence-corrected chi connectivity index (χ1v) is 22.2. The zero-order valence-electron chi connectivity index (χ0n) is 32.2. The third kappa shape index (κ3) is 38.3. The van der Waals surface area contributed by atoms with Crippen LogP contribution in [0.4, 0.5) is 0 Å². The molecule has 2 unspecified atom stereocenters. The van der Waals surface area contributed by atoms with Crippen molar-refractivity contribution in [2.75, 3.05) is 33.0 Å². The summed E-state index contributed by atoms with van der Waals surface area (Å²) >= 11 is 0. The van der Waals surface area contributed by atoms with E-state index in [9.17, 15) is 14.3 Å². The molecule has 0 saturated heterocycles. The van der Waals surface area contributed by atoms with Gasteiger partial charge in [-0.25, -0.2) is 4.57 Å². The minimum Gasteiger partial charge on any atom is -0.457 e. The molecule has 0 aromatic heterocycles. The Hall–Kier alpha value is -0.760. The molecule has 0 rings (SSSR count). The molecular formula is C40H80NO7P. The normalized spacial score (nSPS) is 13.6. The Bertz CT molecular complexity index is 767. The smallest absolute Gasteiger partial charge is 0.457 e. The second kappa shape index (κ2) is 38.5. The third-order valence-electron chi connectivity index (χ3n) is 8.93. The van der Waals surface area contributed by atoms with Gasteiger partial charge in [0.25, 0.3) is 0 Å². The number of allylic oxidation sites excluding steroid dienone is 2. The standard InChI is InChI=1S/C40H80NO7P/c1-3-5-7-9-11-13-15-17-19-20-21-23-25-27-29-31-33-40(42)48-39(38-47-49(43,44)46-36-34-41)37-45-35-32-30-28-26-24-22-18-16-14-12-10-8-6-4-2/h14,16,39H,3-13,15,17-38,41H2,1-2H3,(H,43,44)/b16-14-. The Kier molecular flexibility index (Phi) is 37.9. The van der Waals surface area contributed by atoms with Crippen LogP contribution in [-0.4, -0.2) is 49.9 Å². The largest absolute Gasteiger partial charge is 0.472 e. The molecule has 0 fully saturated rings. The van der Waals surface area contributed by atoms with Gasteiger partial charge in [0.15, 0.2) is 0 Å². The molecule has 0 aliphatic rings. The van der Waals surface area contributed by atoms with Crippen LogP contribution in [0, 0.1) is 0 Å². The highest BCUT2D eigenvalue weighted by molar-refractivity contribution is 7.47. The summed E-state index contributed by atoms with van der Waals surface area (Å²) < 4.78 is 33.4. The lowest BCUT2D eigenvalue weighted by Gasteiger charge is -2.20. The number of carbonyl (C=O) groups excluding carboxylic acids is 1. The lowest BCUT2D eigenvalue weighted by Crippen LogP contribution is -2.28. The quantitative estimate of drug-likeness (QED) is 0.0278. The fourth-order valence-electron chi connectivity index (χ4n) is 5.87. The van der Waals surface area contributed by atoms with Crippen molar-refractivity contribution in [1.82, 2.24) is 0 Å². The zero-order chi connectivity index (χ0) is 35.9. The highest BCUT2D eigenvalue weighted by atomic mass is 31.2. The molecule has 0 amide bonds. The zero-order valence-corrected chi connectivity index (χ0v) is 33.1. The Morgan fingerprint density at radius 1 is 0.592 bits per heavy atom. The maximum Gasteiger partial charge on any atom is 0.472 e. The van der Waals surface area contributed by atoms with Crippen LogP contribution in [0.15, 0.2) is 12.2 Å². The van der Waals surface area contributed by atoms with Crippen LogP contribution in [0.5, 0.6) is 0 Å². The molecule has 3 N–H and O–H groups in total. The van der Waals surface area contributed by atoms with Gasteiger partial charge in [-0.05, 0) is 38.5 Å². The monoisotopic (exact) mass is 718 g/mol. The van der Waals surface area contributed by atoms with Gasteiger partial charge in [-0.1, -0.05) is 167 Å². The summed E-state index contributed by atoms with van der Waals surface area (Å²) in [6.45, 7) is 4.93. The van der Waals surface area contributed by atoms with Gasteiger partial charge in [-0.2, -0.15) is 0 Å². The molecule has 8 nitrogen and oxygen atoms in total. The van der Waals surface area contributed by atoms with E-state index in [0.717, 1.165) is 32.1 Å². The van der Waals surface area contributed by atoms with Crippen molar-refractivity contribution in [2.24, 2.45) is 5.73 Å². The number of phosphoric acid groups is 1. The first kappa shape index (κ1) is 48.2. The van der Waals surface area contributed by atoms with Gasteiger partial charge in [-0.15, -0.1) is 0 Å². The summed E-state index contributed by atoms with van der Waals surface area (Å²) in [5.74, 6) is -0.329. The van der Waals surface area contributed by atoms with Gasteiger partial charge in [-0.3, -0.25) is 13.8 Å². The van der Waals surface area contributed by atoms with Crippen LogP contribution in [0.2, 0.25) is 0 Å². The molecule has 0 aromatic rings. The van der Waals surface area contributed by atoms with Crippen molar-refractivity contribution < 1.29 is 32.8 Å². The van der Waals surface area contributed by atoms with Crippen molar-refractivity contribution in [2.45, 2.75) is 206 Å². The molecule has 0 saturated carbocycles. The lowest BCUT2D eigenvalue weighted by molar-refractivity contribution is -0.154. The second-order valence-corrected chi connectivity index (χ2v) is 15.3. The van der Waals surface area contributed by atoms with E-state index in [1.54, 1.807) is 0 Å². The number of phosphoric ester groups is 1. The Morgan fingerprint density at radius 3 is 1.51 bits per heavy atom. The van der Waals surface area contributed by atoms with Crippen LogP contribution in [0.3, 0.4) is 0 Å². The van der Waals surface area contributed by atoms with E-state index in [1.165, 1.54) is 148 Å². The second-order valence-electron chi connectivity index (χ2n) is 13.9. The molecule has 292 valence electrons. The molecule has 0 aromatic carbocycles. The van der Waals surface area contributed by atoms with E-state index in [-0.39, 0.29) is 32.3 Å². The molecular weight excluding hydrogens is 637 g/mol. The van der Waals surface area contributed by atoms with E-state index in [4.69, 9.17) is 24.3 Å². The molecule has 0 aliphatic carbocycles. The average molecular weight is 718 g/mol. The van der Waals surface area contributed by atoms with Crippen molar-refractivity contribution in [3.63, 3.8) is 0 Å².